The monoisotopic (exact) mass is 584 g/mol. The molecule has 43 heavy (non-hydrogen) atoms. The highest BCUT2D eigenvalue weighted by Gasteiger charge is 2.46. The second-order valence-corrected chi connectivity index (χ2v) is 12.3. The maximum Gasteiger partial charge on any atom is 0.319 e. The zero-order chi connectivity index (χ0) is 29.8. The third-order valence-electron chi connectivity index (χ3n) is 9.68. The van der Waals surface area contributed by atoms with E-state index < -0.39 is 17.8 Å². The number of hydrogen-bond acceptors (Lipinski definition) is 7. The average molecular weight is 585 g/mol. The quantitative estimate of drug-likeness (QED) is 0.362. The highest BCUT2D eigenvalue weighted by molar-refractivity contribution is 5.94. The van der Waals surface area contributed by atoms with Gasteiger partial charge >= 0.3 is 6.01 Å². The zero-order valence-electron chi connectivity index (χ0n) is 24.2. The Morgan fingerprint density at radius 1 is 1.19 bits per heavy atom. The summed E-state index contributed by atoms with van der Waals surface area (Å²) in [7, 11) is 2.08. The van der Waals surface area contributed by atoms with Gasteiger partial charge in [0, 0.05) is 36.6 Å². The van der Waals surface area contributed by atoms with Gasteiger partial charge in [-0.15, -0.1) is 0 Å². The van der Waals surface area contributed by atoms with Crippen LogP contribution in [-0.2, 0) is 11.2 Å². The number of ether oxygens (including phenoxy) is 1. The van der Waals surface area contributed by atoms with Gasteiger partial charge in [-0.3, -0.25) is 4.79 Å². The van der Waals surface area contributed by atoms with Crippen molar-refractivity contribution in [1.29, 1.82) is 5.26 Å². The van der Waals surface area contributed by atoms with Crippen LogP contribution >= 0.6 is 0 Å². The standard InChI is InChI=1S/C33H34F2N6O2/c1-19(34)32(42)41-12-11-40(17-22(41)8-9-36)31-27-15-28(35)26(24-7-3-5-20-13-21-14-25(21)30(20)24)16-29(27)37-33(38-31)43-18-23-6-4-10-39(23)2/h3,5,7,15-16,21-23,25H,1,4,6,8,10-14,17-18H2,2H3/t21?,22-,23-,25?/m0/s1. The predicted molar refractivity (Wildman–Crippen MR) is 159 cm³/mol. The molecule has 4 aliphatic rings. The summed E-state index contributed by atoms with van der Waals surface area (Å²) < 4.78 is 36.0. The highest BCUT2D eigenvalue weighted by atomic mass is 19.1. The van der Waals surface area contributed by atoms with Crippen molar-refractivity contribution in [3.05, 3.63) is 59.7 Å². The topological polar surface area (TPSA) is 85.6 Å². The van der Waals surface area contributed by atoms with Crippen LogP contribution in [0.4, 0.5) is 14.6 Å². The van der Waals surface area contributed by atoms with E-state index in [9.17, 15) is 14.4 Å². The number of amides is 1. The molecule has 2 saturated heterocycles. The van der Waals surface area contributed by atoms with E-state index in [2.05, 4.69) is 30.7 Å². The van der Waals surface area contributed by atoms with Crippen molar-refractivity contribution in [1.82, 2.24) is 19.8 Å². The molecule has 222 valence electrons. The van der Waals surface area contributed by atoms with E-state index in [1.165, 1.54) is 22.1 Å². The molecule has 1 aromatic heterocycles. The third kappa shape index (κ3) is 4.99. The fourth-order valence-corrected chi connectivity index (χ4v) is 7.31. The number of piperazine rings is 1. The molecule has 1 amide bonds. The van der Waals surface area contributed by atoms with Crippen LogP contribution in [0.1, 0.15) is 42.7 Å². The van der Waals surface area contributed by atoms with Gasteiger partial charge in [0.1, 0.15) is 18.2 Å². The molecule has 3 aromatic rings. The first-order valence-corrected chi connectivity index (χ1v) is 15.1. The van der Waals surface area contributed by atoms with Crippen LogP contribution in [0, 0.1) is 23.1 Å². The lowest BCUT2D eigenvalue weighted by molar-refractivity contribution is -0.131. The lowest BCUT2D eigenvalue weighted by atomic mass is 9.93. The lowest BCUT2D eigenvalue weighted by Crippen LogP contribution is -2.55. The van der Waals surface area contributed by atoms with Gasteiger partial charge in [-0.1, -0.05) is 24.8 Å². The summed E-state index contributed by atoms with van der Waals surface area (Å²) in [6, 6.07) is 11.4. The van der Waals surface area contributed by atoms with Crippen LogP contribution in [0.15, 0.2) is 42.7 Å². The Morgan fingerprint density at radius 3 is 2.81 bits per heavy atom. The van der Waals surface area contributed by atoms with E-state index >= 15 is 4.39 Å². The van der Waals surface area contributed by atoms with Gasteiger partial charge in [-0.2, -0.15) is 15.2 Å². The van der Waals surface area contributed by atoms with E-state index in [1.807, 2.05) is 17.0 Å². The Bertz CT molecular complexity index is 1670. The van der Waals surface area contributed by atoms with Gasteiger partial charge in [0.25, 0.3) is 5.91 Å². The fraction of sp³-hybridized carbons (Fsp3) is 0.455. The third-order valence-corrected chi connectivity index (χ3v) is 9.68. The van der Waals surface area contributed by atoms with Gasteiger partial charge in [0.05, 0.1) is 24.0 Å². The fourth-order valence-electron chi connectivity index (χ4n) is 7.31. The number of likely N-dealkylation sites (N-methyl/N-ethyl adjacent to an activating group) is 1. The number of hydrogen-bond donors (Lipinski definition) is 0. The molecule has 2 aliphatic carbocycles. The molecule has 7 rings (SSSR count). The van der Waals surface area contributed by atoms with Crippen LogP contribution in [0.3, 0.4) is 0 Å². The second-order valence-electron chi connectivity index (χ2n) is 12.3. The van der Waals surface area contributed by atoms with Crippen LogP contribution in [-0.4, -0.2) is 77.6 Å². The predicted octanol–water partition coefficient (Wildman–Crippen LogP) is 4.98. The highest BCUT2D eigenvalue weighted by Crippen LogP contribution is 2.58. The molecular weight excluding hydrogens is 550 g/mol. The van der Waals surface area contributed by atoms with E-state index in [-0.39, 0.29) is 37.4 Å². The number of benzene rings is 2. The number of nitriles is 1. The largest absolute Gasteiger partial charge is 0.462 e. The first-order chi connectivity index (χ1) is 20.8. The van der Waals surface area contributed by atoms with Gasteiger partial charge in [-0.05, 0) is 79.9 Å². The number of carbonyl (C=O) groups excluding carboxylic acids is 1. The molecule has 0 N–H and O–H groups in total. The van der Waals surface area contributed by atoms with Crippen molar-refractivity contribution in [3.63, 3.8) is 0 Å². The molecule has 2 aliphatic heterocycles. The summed E-state index contributed by atoms with van der Waals surface area (Å²) in [5.41, 5.74) is 4.56. The molecule has 1 saturated carbocycles. The Hall–Kier alpha value is -4.10. The van der Waals surface area contributed by atoms with Crippen LogP contribution < -0.4 is 9.64 Å². The van der Waals surface area contributed by atoms with Crippen molar-refractivity contribution in [3.8, 4) is 23.2 Å². The number of rotatable bonds is 7. The molecular formula is C33H34F2N6O2. The molecule has 2 aromatic carbocycles. The Kier molecular flexibility index (Phi) is 7.01. The SMILES string of the molecule is C=C(F)C(=O)N1CCN(c2nc(OC[C@@H]3CCCN3C)nc3cc(-c4cccc5c4C4CC4C5)c(F)cc23)C[C@@H]1CC#N. The minimum Gasteiger partial charge on any atom is -0.462 e. The van der Waals surface area contributed by atoms with Crippen molar-refractivity contribution < 1.29 is 18.3 Å². The van der Waals surface area contributed by atoms with E-state index in [0.29, 0.717) is 47.3 Å². The van der Waals surface area contributed by atoms with Crippen molar-refractivity contribution in [2.45, 2.75) is 50.1 Å². The van der Waals surface area contributed by atoms with Crippen molar-refractivity contribution in [2.75, 3.05) is 44.7 Å². The van der Waals surface area contributed by atoms with Gasteiger partial charge in [0.2, 0.25) is 0 Å². The second kappa shape index (κ2) is 10.9. The number of aromatic nitrogens is 2. The minimum atomic E-state index is -1.06. The van der Waals surface area contributed by atoms with Crippen LogP contribution in [0.25, 0.3) is 22.0 Å². The molecule has 0 bridgehead atoms. The normalized spacial score (nSPS) is 24.5. The first kappa shape index (κ1) is 27.7. The van der Waals surface area contributed by atoms with Crippen molar-refractivity contribution >= 4 is 22.6 Å². The lowest BCUT2D eigenvalue weighted by Gasteiger charge is -2.41. The molecule has 8 nitrogen and oxygen atoms in total. The zero-order valence-corrected chi connectivity index (χ0v) is 24.2. The Balaban J connectivity index is 1.29. The first-order valence-electron chi connectivity index (χ1n) is 15.1. The summed E-state index contributed by atoms with van der Waals surface area (Å²) in [5.74, 6) is -0.589. The van der Waals surface area contributed by atoms with Crippen molar-refractivity contribution in [2.24, 2.45) is 5.92 Å². The van der Waals surface area contributed by atoms with Gasteiger partial charge < -0.3 is 19.4 Å². The van der Waals surface area contributed by atoms with Gasteiger partial charge in [-0.25, -0.2) is 8.78 Å². The Morgan fingerprint density at radius 2 is 2.05 bits per heavy atom. The Labute approximate surface area is 249 Å². The van der Waals surface area contributed by atoms with E-state index in [1.54, 1.807) is 6.07 Å². The molecule has 10 heteroatoms. The molecule has 0 spiro atoms. The molecule has 0 radical (unpaired) electrons. The molecule has 2 unspecified atom stereocenters. The minimum absolute atomic E-state index is 0.00962. The number of carbonyl (C=O) groups is 1. The maximum atomic E-state index is 16.1. The van der Waals surface area contributed by atoms with Crippen LogP contribution in [0.2, 0.25) is 0 Å². The summed E-state index contributed by atoms with van der Waals surface area (Å²) in [4.78, 5) is 27.5. The summed E-state index contributed by atoms with van der Waals surface area (Å²) in [6.07, 6.45) is 4.36. The number of nitrogens with zero attached hydrogens (tertiary/aromatic N) is 6. The smallest absolute Gasteiger partial charge is 0.319 e. The number of likely N-dealkylation sites (tertiary alicyclic amines) is 1. The molecule has 3 fully saturated rings. The van der Waals surface area contributed by atoms with E-state index in [0.717, 1.165) is 37.8 Å². The average Bonchev–Trinajstić information content (AvgIpc) is 3.47. The number of halogens is 2. The molecule has 4 atom stereocenters. The number of fused-ring (bicyclic) bond motifs is 4. The summed E-state index contributed by atoms with van der Waals surface area (Å²) in [6.45, 7) is 5.30. The molecule has 3 heterocycles. The van der Waals surface area contributed by atoms with E-state index in [4.69, 9.17) is 14.7 Å². The van der Waals surface area contributed by atoms with Crippen LogP contribution in [0.5, 0.6) is 6.01 Å². The summed E-state index contributed by atoms with van der Waals surface area (Å²) >= 11 is 0. The number of anilines is 1. The van der Waals surface area contributed by atoms with Gasteiger partial charge in [0.15, 0.2) is 5.83 Å². The maximum absolute atomic E-state index is 16.1. The summed E-state index contributed by atoms with van der Waals surface area (Å²) in [5, 5.41) is 9.99.